The standard InChI is InChI=1S/C48H33NOSi/c1-5-15-34(16-6-1)35-25-27-37(28-26-35)49(36-17-7-2-8-18-36)38-29-30-43-46(33-38)51(39-19-9-3-10-20-39,40-21-11-4-12-22-40)45-32-31-42-41-23-13-14-24-44(41)50-48(42)47(43)45/h1-33H. The summed E-state index contributed by atoms with van der Waals surface area (Å²) in [5, 5.41) is 7.79. The fourth-order valence-corrected chi connectivity index (χ4v) is 13.5. The van der Waals surface area contributed by atoms with Crippen LogP contribution in [0.3, 0.4) is 0 Å². The van der Waals surface area contributed by atoms with E-state index in [0.717, 1.165) is 39.0 Å². The van der Waals surface area contributed by atoms with Crippen LogP contribution < -0.4 is 25.6 Å². The van der Waals surface area contributed by atoms with Gasteiger partial charge in [0.05, 0.1) is 0 Å². The van der Waals surface area contributed by atoms with Gasteiger partial charge in [0.15, 0.2) is 8.07 Å². The second-order valence-electron chi connectivity index (χ2n) is 13.3. The Kier molecular flexibility index (Phi) is 6.86. The van der Waals surface area contributed by atoms with E-state index in [-0.39, 0.29) is 0 Å². The summed E-state index contributed by atoms with van der Waals surface area (Å²) in [5.74, 6) is 0. The van der Waals surface area contributed by atoms with Gasteiger partial charge in [0.2, 0.25) is 0 Å². The van der Waals surface area contributed by atoms with E-state index >= 15 is 0 Å². The van der Waals surface area contributed by atoms with Gasteiger partial charge in [-0.1, -0.05) is 158 Å². The van der Waals surface area contributed by atoms with Crippen LogP contribution in [0.25, 0.3) is 44.2 Å². The molecule has 3 heteroatoms. The molecule has 8 aromatic carbocycles. The van der Waals surface area contributed by atoms with Crippen molar-refractivity contribution in [3.05, 3.63) is 200 Å². The van der Waals surface area contributed by atoms with Crippen molar-refractivity contribution in [2.45, 2.75) is 0 Å². The lowest BCUT2D eigenvalue weighted by atomic mass is 10.0. The summed E-state index contributed by atoms with van der Waals surface area (Å²) in [6.45, 7) is 0. The lowest BCUT2D eigenvalue weighted by molar-refractivity contribution is 0.670. The van der Waals surface area contributed by atoms with E-state index in [1.54, 1.807) is 0 Å². The first-order valence-corrected chi connectivity index (χ1v) is 19.5. The van der Waals surface area contributed by atoms with E-state index in [2.05, 4.69) is 205 Å². The summed E-state index contributed by atoms with van der Waals surface area (Å²) in [5.41, 5.74) is 10.1. The molecule has 0 fully saturated rings. The Hall–Kier alpha value is -6.42. The van der Waals surface area contributed by atoms with Gasteiger partial charge in [0, 0.05) is 33.4 Å². The fourth-order valence-electron chi connectivity index (χ4n) is 8.34. The van der Waals surface area contributed by atoms with E-state index in [4.69, 9.17) is 4.42 Å². The first kappa shape index (κ1) is 29.5. The topological polar surface area (TPSA) is 16.4 Å². The molecule has 0 aliphatic carbocycles. The lowest BCUT2D eigenvalue weighted by Gasteiger charge is -2.32. The molecule has 1 aromatic heterocycles. The van der Waals surface area contributed by atoms with E-state index in [9.17, 15) is 0 Å². The van der Waals surface area contributed by atoms with Gasteiger partial charge in [-0.25, -0.2) is 0 Å². The molecule has 0 spiro atoms. The minimum atomic E-state index is -2.81. The maximum absolute atomic E-state index is 6.79. The van der Waals surface area contributed by atoms with Crippen molar-refractivity contribution in [2.24, 2.45) is 0 Å². The molecule has 0 radical (unpaired) electrons. The summed E-state index contributed by atoms with van der Waals surface area (Å²) in [6, 6.07) is 72.9. The van der Waals surface area contributed by atoms with Crippen molar-refractivity contribution in [1.29, 1.82) is 0 Å². The van der Waals surface area contributed by atoms with Crippen molar-refractivity contribution in [2.75, 3.05) is 4.90 Å². The van der Waals surface area contributed by atoms with Crippen LogP contribution in [0.1, 0.15) is 0 Å². The largest absolute Gasteiger partial charge is 0.455 e. The van der Waals surface area contributed by atoms with Crippen molar-refractivity contribution < 1.29 is 4.42 Å². The van der Waals surface area contributed by atoms with Gasteiger partial charge in [-0.05, 0) is 79.9 Å². The van der Waals surface area contributed by atoms with E-state index in [1.807, 2.05) is 0 Å². The van der Waals surface area contributed by atoms with Gasteiger partial charge in [0.1, 0.15) is 11.2 Å². The summed E-state index contributed by atoms with van der Waals surface area (Å²) < 4.78 is 6.79. The monoisotopic (exact) mass is 667 g/mol. The normalized spacial score (nSPS) is 12.9. The number of nitrogens with zero attached hydrogens (tertiary/aromatic N) is 1. The third-order valence-corrected chi connectivity index (χ3v) is 15.4. The molecule has 0 saturated carbocycles. The van der Waals surface area contributed by atoms with Crippen LogP contribution in [-0.2, 0) is 0 Å². The van der Waals surface area contributed by atoms with E-state index in [1.165, 1.54) is 43.0 Å². The zero-order valence-electron chi connectivity index (χ0n) is 27.9. The zero-order valence-corrected chi connectivity index (χ0v) is 28.9. The molecule has 0 N–H and O–H groups in total. The van der Waals surface area contributed by atoms with E-state index < -0.39 is 8.07 Å². The smallest absolute Gasteiger partial charge is 0.181 e. The molecule has 9 aromatic rings. The molecular weight excluding hydrogens is 635 g/mol. The number of rotatable bonds is 6. The number of hydrogen-bond donors (Lipinski definition) is 0. The predicted octanol–water partition coefficient (Wildman–Crippen LogP) is 10.1. The minimum Gasteiger partial charge on any atom is -0.455 e. The van der Waals surface area contributed by atoms with Crippen LogP contribution in [0.4, 0.5) is 17.1 Å². The number of benzene rings is 8. The maximum Gasteiger partial charge on any atom is 0.181 e. The highest BCUT2D eigenvalue weighted by atomic mass is 28.3. The number of hydrogen-bond acceptors (Lipinski definition) is 2. The molecule has 2 nitrogen and oxygen atoms in total. The maximum atomic E-state index is 6.79. The molecule has 51 heavy (non-hydrogen) atoms. The van der Waals surface area contributed by atoms with Crippen LogP contribution in [0.15, 0.2) is 205 Å². The van der Waals surface area contributed by atoms with Crippen molar-refractivity contribution >= 4 is 67.8 Å². The van der Waals surface area contributed by atoms with Gasteiger partial charge < -0.3 is 9.32 Å². The van der Waals surface area contributed by atoms with Gasteiger partial charge in [-0.15, -0.1) is 0 Å². The third-order valence-electron chi connectivity index (χ3n) is 10.5. The molecule has 0 atom stereocenters. The van der Waals surface area contributed by atoms with Crippen molar-refractivity contribution in [3.8, 4) is 22.3 Å². The molecule has 1 aliphatic heterocycles. The Morgan fingerprint density at radius 1 is 0.392 bits per heavy atom. The highest BCUT2D eigenvalue weighted by molar-refractivity contribution is 7.22. The number of furan rings is 1. The molecule has 10 rings (SSSR count). The van der Waals surface area contributed by atoms with Gasteiger partial charge in [-0.2, -0.15) is 0 Å². The Morgan fingerprint density at radius 2 is 0.941 bits per heavy atom. The Labute approximate surface area is 298 Å². The van der Waals surface area contributed by atoms with Crippen molar-refractivity contribution in [3.63, 3.8) is 0 Å². The van der Waals surface area contributed by atoms with Crippen LogP contribution in [-0.4, -0.2) is 8.07 Å². The molecular formula is C48H33NOSi. The fraction of sp³-hybridized carbons (Fsp3) is 0. The van der Waals surface area contributed by atoms with Gasteiger partial charge >= 0.3 is 0 Å². The highest BCUT2D eigenvalue weighted by Crippen LogP contribution is 2.42. The highest BCUT2D eigenvalue weighted by Gasteiger charge is 2.50. The van der Waals surface area contributed by atoms with Crippen LogP contribution in [0.2, 0.25) is 0 Å². The molecule has 0 saturated heterocycles. The molecule has 2 heterocycles. The molecule has 240 valence electrons. The summed E-state index contributed by atoms with van der Waals surface area (Å²) in [6.07, 6.45) is 0. The average molecular weight is 668 g/mol. The molecule has 0 amide bonds. The Morgan fingerprint density at radius 3 is 1.63 bits per heavy atom. The third kappa shape index (κ3) is 4.56. The predicted molar refractivity (Wildman–Crippen MR) is 216 cm³/mol. The second kappa shape index (κ2) is 11.9. The number of para-hydroxylation sites is 2. The van der Waals surface area contributed by atoms with Crippen molar-refractivity contribution in [1.82, 2.24) is 0 Å². The summed E-state index contributed by atoms with van der Waals surface area (Å²) in [4.78, 5) is 2.39. The summed E-state index contributed by atoms with van der Waals surface area (Å²) >= 11 is 0. The number of anilines is 3. The second-order valence-corrected chi connectivity index (χ2v) is 17.0. The number of fused-ring (bicyclic) bond motifs is 7. The quantitative estimate of drug-likeness (QED) is 0.164. The first-order chi connectivity index (χ1) is 25.3. The van der Waals surface area contributed by atoms with Crippen LogP contribution in [0.5, 0.6) is 0 Å². The van der Waals surface area contributed by atoms with Gasteiger partial charge in [0.25, 0.3) is 0 Å². The zero-order chi connectivity index (χ0) is 33.8. The van der Waals surface area contributed by atoms with Crippen LogP contribution >= 0.6 is 0 Å². The minimum absolute atomic E-state index is 0.923. The summed E-state index contributed by atoms with van der Waals surface area (Å²) in [7, 11) is -2.81. The molecule has 1 aliphatic rings. The van der Waals surface area contributed by atoms with Gasteiger partial charge in [-0.3, -0.25) is 0 Å². The van der Waals surface area contributed by atoms with Crippen LogP contribution in [0, 0.1) is 0 Å². The SMILES string of the molecule is c1ccc(-c2ccc(N(c3ccccc3)c3ccc4c(c3)[Si](c3ccccc3)(c3ccccc3)c3ccc5c(oc6ccccc65)c3-4)cc2)cc1. The lowest BCUT2D eigenvalue weighted by Crippen LogP contribution is -2.72. The average Bonchev–Trinajstić information content (AvgIpc) is 3.73. The Bertz CT molecular complexity index is 2630. The molecule has 0 unspecified atom stereocenters. The molecule has 0 bridgehead atoms. The first-order valence-electron chi connectivity index (χ1n) is 17.5. The Balaban J connectivity index is 1.26. The van der Waals surface area contributed by atoms with E-state index in [0.29, 0.717) is 0 Å².